The van der Waals surface area contributed by atoms with Crippen molar-refractivity contribution >= 4 is 56.1 Å². The molecular formula is C23H16N4O8S2. The van der Waals surface area contributed by atoms with Crippen molar-refractivity contribution < 1.29 is 27.2 Å². The van der Waals surface area contributed by atoms with Crippen molar-refractivity contribution in [3.05, 3.63) is 103 Å². The van der Waals surface area contributed by atoms with E-state index in [4.69, 9.17) is 4.18 Å². The monoisotopic (exact) mass is 540 g/mol. The number of aliphatic imine (C=N–C) groups is 1. The summed E-state index contributed by atoms with van der Waals surface area (Å²) in [7, 11) is -4.32. The van der Waals surface area contributed by atoms with Crippen LogP contribution in [0.15, 0.2) is 81.5 Å². The summed E-state index contributed by atoms with van der Waals surface area (Å²) in [5, 5.41) is 24.6. The van der Waals surface area contributed by atoms with Gasteiger partial charge in [0.25, 0.3) is 17.3 Å². The van der Waals surface area contributed by atoms with Crippen molar-refractivity contribution in [2.75, 3.05) is 0 Å². The highest BCUT2D eigenvalue weighted by atomic mass is 32.2. The molecule has 37 heavy (non-hydrogen) atoms. The number of nitro groups is 2. The summed E-state index contributed by atoms with van der Waals surface area (Å²) in [6.45, 7) is 1.66. The van der Waals surface area contributed by atoms with E-state index in [1.165, 1.54) is 30.3 Å². The Bertz CT molecular complexity index is 1600. The summed E-state index contributed by atoms with van der Waals surface area (Å²) in [6, 6.07) is 14.5. The zero-order chi connectivity index (χ0) is 26.7. The fourth-order valence-corrected chi connectivity index (χ4v) is 4.97. The number of amidine groups is 1. The van der Waals surface area contributed by atoms with Gasteiger partial charge in [0, 0.05) is 29.8 Å². The number of amides is 1. The maximum absolute atomic E-state index is 12.7. The van der Waals surface area contributed by atoms with Crippen molar-refractivity contribution in [1.29, 1.82) is 0 Å². The molecule has 0 spiro atoms. The van der Waals surface area contributed by atoms with E-state index in [-0.39, 0.29) is 32.1 Å². The Hall–Kier alpha value is -4.56. The fourth-order valence-electron chi connectivity index (χ4n) is 3.19. The summed E-state index contributed by atoms with van der Waals surface area (Å²) in [6.07, 6.45) is 1.44. The maximum Gasteiger partial charge on any atom is 0.339 e. The number of non-ortho nitro benzene ring substituents is 2. The molecule has 1 fully saturated rings. The van der Waals surface area contributed by atoms with Crippen molar-refractivity contribution in [2.45, 2.75) is 11.8 Å². The van der Waals surface area contributed by atoms with Gasteiger partial charge < -0.3 is 9.50 Å². The lowest BCUT2D eigenvalue weighted by atomic mass is 10.2. The molecule has 0 saturated carbocycles. The molecule has 1 amide bonds. The van der Waals surface area contributed by atoms with Gasteiger partial charge in [0.15, 0.2) is 5.17 Å². The van der Waals surface area contributed by atoms with Crippen LogP contribution in [-0.4, -0.2) is 29.3 Å². The second-order valence-electron chi connectivity index (χ2n) is 7.54. The third-order valence-corrected chi connectivity index (χ3v) is 7.16. The lowest BCUT2D eigenvalue weighted by molar-refractivity contribution is -0.385. The zero-order valence-corrected chi connectivity index (χ0v) is 20.5. The molecule has 12 nitrogen and oxygen atoms in total. The number of nitrogens with zero attached hydrogens (tertiary/aromatic N) is 3. The highest BCUT2D eigenvalue weighted by Gasteiger charge is 2.26. The SMILES string of the molecule is Cc1cc([N+](=O)[O-])ccc1N=C1NC(=O)/C(=C\c2ccccc2OS(=O)(=O)c2ccc([N+](=O)[O-])cc2)S1. The molecule has 3 aromatic rings. The average molecular weight is 541 g/mol. The van der Waals surface area contributed by atoms with Crippen LogP contribution in [0.4, 0.5) is 17.1 Å². The normalized spacial score (nSPS) is 15.5. The van der Waals surface area contributed by atoms with Crippen LogP contribution in [0.5, 0.6) is 5.75 Å². The first-order valence-corrected chi connectivity index (χ1v) is 12.6. The standard InChI is InChI=1S/C23H16N4O8S2/c1-14-12-17(27(31)32)8-11-19(14)24-23-25-22(28)21(36-23)13-15-4-2-3-5-20(15)35-37(33,34)18-9-6-16(7-10-18)26(29)30/h2-13H,1H3,(H,24,25,28)/b21-13+. The molecule has 1 saturated heterocycles. The Labute approximate surface area is 214 Å². The highest BCUT2D eigenvalue weighted by molar-refractivity contribution is 8.18. The number of aryl methyl sites for hydroxylation is 1. The summed E-state index contributed by atoms with van der Waals surface area (Å²) in [4.78, 5) is 37.4. The Balaban J connectivity index is 1.58. The Morgan fingerprint density at radius 2 is 1.62 bits per heavy atom. The zero-order valence-electron chi connectivity index (χ0n) is 18.9. The van der Waals surface area contributed by atoms with Gasteiger partial charge in [0.05, 0.1) is 20.4 Å². The third-order valence-electron chi connectivity index (χ3n) is 5.01. The van der Waals surface area contributed by atoms with Gasteiger partial charge in [-0.3, -0.25) is 25.0 Å². The smallest absolute Gasteiger partial charge is 0.339 e. The van der Waals surface area contributed by atoms with Gasteiger partial charge in [0.2, 0.25) is 0 Å². The largest absolute Gasteiger partial charge is 0.378 e. The first-order valence-electron chi connectivity index (χ1n) is 10.4. The molecule has 0 radical (unpaired) electrons. The molecule has 4 rings (SSSR count). The number of hydrogen-bond acceptors (Lipinski definition) is 10. The minimum absolute atomic E-state index is 0.0571. The van der Waals surface area contributed by atoms with Crippen LogP contribution in [0.1, 0.15) is 11.1 Å². The molecule has 0 aromatic heterocycles. The number of rotatable bonds is 7. The lowest BCUT2D eigenvalue weighted by Gasteiger charge is -2.09. The Morgan fingerprint density at radius 1 is 0.973 bits per heavy atom. The van der Waals surface area contributed by atoms with E-state index in [1.54, 1.807) is 25.1 Å². The Kier molecular flexibility index (Phi) is 7.04. The molecule has 0 atom stereocenters. The van der Waals surface area contributed by atoms with E-state index in [0.29, 0.717) is 16.8 Å². The molecule has 188 valence electrons. The van der Waals surface area contributed by atoms with Crippen molar-refractivity contribution in [3.8, 4) is 5.75 Å². The first kappa shape index (κ1) is 25.5. The molecule has 0 unspecified atom stereocenters. The average Bonchev–Trinajstić information content (AvgIpc) is 3.19. The first-order chi connectivity index (χ1) is 17.5. The van der Waals surface area contributed by atoms with Crippen molar-refractivity contribution in [3.63, 3.8) is 0 Å². The number of para-hydroxylation sites is 1. The fraction of sp³-hybridized carbons (Fsp3) is 0.0435. The molecule has 3 aromatic carbocycles. The molecule has 1 aliphatic rings. The third kappa shape index (κ3) is 5.82. The summed E-state index contributed by atoms with van der Waals surface area (Å²) in [5.41, 5.74) is 0.926. The number of nitrogens with one attached hydrogen (secondary N) is 1. The molecular weight excluding hydrogens is 524 g/mol. The van der Waals surface area contributed by atoms with Gasteiger partial charge in [0.1, 0.15) is 10.6 Å². The number of carbonyl (C=O) groups is 1. The number of thioether (sulfide) groups is 1. The van der Waals surface area contributed by atoms with E-state index in [9.17, 15) is 33.4 Å². The molecule has 1 N–H and O–H groups in total. The Morgan fingerprint density at radius 3 is 2.27 bits per heavy atom. The molecule has 1 aliphatic heterocycles. The van der Waals surface area contributed by atoms with Gasteiger partial charge in [-0.2, -0.15) is 8.42 Å². The van der Waals surface area contributed by atoms with E-state index in [1.807, 2.05) is 0 Å². The van der Waals surface area contributed by atoms with Crippen LogP contribution in [0.3, 0.4) is 0 Å². The van der Waals surface area contributed by atoms with Crippen LogP contribution >= 0.6 is 11.8 Å². The second kappa shape index (κ2) is 10.2. The second-order valence-corrected chi connectivity index (χ2v) is 10.1. The van der Waals surface area contributed by atoms with Crippen LogP contribution in [0.25, 0.3) is 6.08 Å². The number of carbonyl (C=O) groups excluding carboxylic acids is 1. The summed E-state index contributed by atoms with van der Waals surface area (Å²) >= 11 is 1.00. The number of hydrogen-bond donors (Lipinski definition) is 1. The predicted molar refractivity (Wildman–Crippen MR) is 136 cm³/mol. The van der Waals surface area contributed by atoms with Gasteiger partial charge >= 0.3 is 10.1 Å². The topological polar surface area (TPSA) is 171 Å². The lowest BCUT2D eigenvalue weighted by Crippen LogP contribution is -2.19. The highest BCUT2D eigenvalue weighted by Crippen LogP contribution is 2.33. The van der Waals surface area contributed by atoms with Gasteiger partial charge in [-0.05, 0) is 54.6 Å². The molecule has 0 bridgehead atoms. The quantitative estimate of drug-likeness (QED) is 0.196. The molecule has 14 heteroatoms. The van der Waals surface area contributed by atoms with Gasteiger partial charge in [-0.1, -0.05) is 18.2 Å². The van der Waals surface area contributed by atoms with E-state index in [0.717, 1.165) is 36.0 Å². The minimum Gasteiger partial charge on any atom is -0.378 e. The van der Waals surface area contributed by atoms with Crippen LogP contribution in [0.2, 0.25) is 0 Å². The van der Waals surface area contributed by atoms with Crippen molar-refractivity contribution in [2.24, 2.45) is 4.99 Å². The van der Waals surface area contributed by atoms with Crippen LogP contribution < -0.4 is 9.50 Å². The molecule has 1 heterocycles. The van der Waals surface area contributed by atoms with E-state index in [2.05, 4.69) is 10.3 Å². The number of nitro benzene ring substituents is 2. The summed E-state index contributed by atoms with van der Waals surface area (Å²) < 4.78 is 30.7. The van der Waals surface area contributed by atoms with Crippen LogP contribution in [0, 0.1) is 27.2 Å². The van der Waals surface area contributed by atoms with Gasteiger partial charge in [-0.25, -0.2) is 4.99 Å². The van der Waals surface area contributed by atoms with Crippen LogP contribution in [-0.2, 0) is 14.9 Å². The summed E-state index contributed by atoms with van der Waals surface area (Å²) in [5.74, 6) is -0.533. The molecule has 0 aliphatic carbocycles. The predicted octanol–water partition coefficient (Wildman–Crippen LogP) is 4.47. The maximum atomic E-state index is 12.7. The number of benzene rings is 3. The minimum atomic E-state index is -4.32. The van der Waals surface area contributed by atoms with Gasteiger partial charge in [-0.15, -0.1) is 0 Å². The van der Waals surface area contributed by atoms with E-state index >= 15 is 0 Å². The van der Waals surface area contributed by atoms with E-state index < -0.39 is 25.9 Å². The van der Waals surface area contributed by atoms with Crippen molar-refractivity contribution in [1.82, 2.24) is 5.32 Å².